The van der Waals surface area contributed by atoms with Crippen LogP contribution in [0, 0.1) is 0 Å². The Kier molecular flexibility index (Phi) is 2.66. The van der Waals surface area contributed by atoms with Crippen LogP contribution in [0.15, 0.2) is 12.4 Å². The monoisotopic (exact) mass is 234 g/mol. The molecule has 2 aromatic rings. The SMILES string of the molecule is CC(C)(C)c1nc(C(=O)Nc2cn[nH]c2)n[nH]1. The van der Waals surface area contributed by atoms with Crippen LogP contribution in [0.4, 0.5) is 5.69 Å². The molecule has 0 bridgehead atoms. The maximum absolute atomic E-state index is 11.8. The Balaban J connectivity index is 2.13. The van der Waals surface area contributed by atoms with Crippen molar-refractivity contribution in [1.82, 2.24) is 25.4 Å². The van der Waals surface area contributed by atoms with Crippen LogP contribution < -0.4 is 5.32 Å². The van der Waals surface area contributed by atoms with Gasteiger partial charge in [-0.15, -0.1) is 5.10 Å². The molecule has 1 amide bonds. The maximum atomic E-state index is 11.8. The molecule has 0 fully saturated rings. The van der Waals surface area contributed by atoms with E-state index in [0.29, 0.717) is 11.5 Å². The lowest BCUT2D eigenvalue weighted by Gasteiger charge is -2.12. The van der Waals surface area contributed by atoms with Crippen molar-refractivity contribution >= 4 is 11.6 Å². The molecule has 0 atom stereocenters. The molecular weight excluding hydrogens is 220 g/mol. The lowest BCUT2D eigenvalue weighted by molar-refractivity contribution is 0.101. The van der Waals surface area contributed by atoms with Crippen molar-refractivity contribution in [1.29, 1.82) is 0 Å². The van der Waals surface area contributed by atoms with E-state index in [1.165, 1.54) is 6.20 Å². The molecule has 0 aliphatic heterocycles. The quantitative estimate of drug-likeness (QED) is 0.723. The van der Waals surface area contributed by atoms with Gasteiger partial charge in [0.1, 0.15) is 5.82 Å². The summed E-state index contributed by atoms with van der Waals surface area (Å²) in [7, 11) is 0. The summed E-state index contributed by atoms with van der Waals surface area (Å²) in [6.45, 7) is 5.97. The van der Waals surface area contributed by atoms with Gasteiger partial charge in [-0.2, -0.15) is 5.10 Å². The minimum Gasteiger partial charge on any atom is -0.316 e. The van der Waals surface area contributed by atoms with E-state index in [1.807, 2.05) is 20.8 Å². The van der Waals surface area contributed by atoms with Crippen molar-refractivity contribution in [3.8, 4) is 0 Å². The number of carbonyl (C=O) groups is 1. The summed E-state index contributed by atoms with van der Waals surface area (Å²) in [5.41, 5.74) is 0.415. The van der Waals surface area contributed by atoms with Gasteiger partial charge in [-0.25, -0.2) is 4.98 Å². The van der Waals surface area contributed by atoms with Crippen molar-refractivity contribution < 1.29 is 4.79 Å². The number of anilines is 1. The molecule has 2 rings (SSSR count). The van der Waals surface area contributed by atoms with Crippen LogP contribution in [0.25, 0.3) is 0 Å². The minimum atomic E-state index is -0.363. The number of carbonyl (C=O) groups excluding carboxylic acids is 1. The molecular formula is C10H14N6O. The second kappa shape index (κ2) is 4.00. The van der Waals surface area contributed by atoms with Crippen molar-refractivity contribution in [2.75, 3.05) is 5.32 Å². The summed E-state index contributed by atoms with van der Waals surface area (Å²) in [6, 6.07) is 0. The Morgan fingerprint density at radius 2 is 2.18 bits per heavy atom. The van der Waals surface area contributed by atoms with Crippen LogP contribution in [0.3, 0.4) is 0 Å². The predicted molar refractivity (Wildman–Crippen MR) is 61.6 cm³/mol. The summed E-state index contributed by atoms with van der Waals surface area (Å²) in [5.74, 6) is 0.434. The zero-order valence-corrected chi connectivity index (χ0v) is 9.90. The third-order valence-corrected chi connectivity index (χ3v) is 2.16. The smallest absolute Gasteiger partial charge is 0.295 e. The van der Waals surface area contributed by atoms with Gasteiger partial charge in [0.15, 0.2) is 0 Å². The minimum absolute atomic E-state index is 0.121. The van der Waals surface area contributed by atoms with E-state index in [-0.39, 0.29) is 17.1 Å². The average Bonchev–Trinajstić information content (AvgIpc) is 2.85. The molecule has 0 aromatic carbocycles. The highest BCUT2D eigenvalue weighted by Crippen LogP contribution is 2.17. The number of amides is 1. The van der Waals surface area contributed by atoms with E-state index in [1.54, 1.807) is 6.20 Å². The number of hydrogen-bond acceptors (Lipinski definition) is 4. The fourth-order valence-electron chi connectivity index (χ4n) is 1.21. The topological polar surface area (TPSA) is 99.3 Å². The lowest BCUT2D eigenvalue weighted by atomic mass is 9.96. The highest BCUT2D eigenvalue weighted by molar-refractivity contribution is 6.01. The summed E-state index contributed by atoms with van der Waals surface area (Å²) in [5, 5.41) is 15.6. The van der Waals surface area contributed by atoms with Gasteiger partial charge in [0.25, 0.3) is 5.91 Å². The normalized spacial score (nSPS) is 11.5. The fraction of sp³-hybridized carbons (Fsp3) is 0.400. The van der Waals surface area contributed by atoms with Gasteiger partial charge >= 0.3 is 0 Å². The van der Waals surface area contributed by atoms with Crippen LogP contribution >= 0.6 is 0 Å². The van der Waals surface area contributed by atoms with Gasteiger partial charge in [-0.1, -0.05) is 20.8 Å². The predicted octanol–water partition coefficient (Wildman–Crippen LogP) is 1.08. The zero-order valence-electron chi connectivity index (χ0n) is 9.90. The first-order valence-electron chi connectivity index (χ1n) is 5.20. The van der Waals surface area contributed by atoms with Crippen molar-refractivity contribution in [2.45, 2.75) is 26.2 Å². The largest absolute Gasteiger partial charge is 0.316 e. The van der Waals surface area contributed by atoms with E-state index in [0.717, 1.165) is 0 Å². The Morgan fingerprint density at radius 1 is 1.41 bits per heavy atom. The Bertz CT molecular complexity index is 507. The molecule has 7 nitrogen and oxygen atoms in total. The second-order valence-corrected chi connectivity index (χ2v) is 4.70. The molecule has 7 heteroatoms. The molecule has 17 heavy (non-hydrogen) atoms. The highest BCUT2D eigenvalue weighted by atomic mass is 16.2. The standard InChI is InChI=1S/C10H14N6O/c1-10(2,3)9-14-7(15-16-9)8(17)13-6-4-11-12-5-6/h4-5H,1-3H3,(H,11,12)(H,13,17)(H,14,15,16). The van der Waals surface area contributed by atoms with Crippen molar-refractivity contribution in [3.05, 3.63) is 24.0 Å². The molecule has 90 valence electrons. The van der Waals surface area contributed by atoms with E-state index in [4.69, 9.17) is 0 Å². The Labute approximate surface area is 98.0 Å². The molecule has 2 aromatic heterocycles. The first-order chi connectivity index (χ1) is 7.97. The zero-order chi connectivity index (χ0) is 12.5. The molecule has 0 unspecified atom stereocenters. The molecule has 0 aliphatic rings. The summed E-state index contributed by atoms with van der Waals surface area (Å²) >= 11 is 0. The van der Waals surface area contributed by atoms with E-state index in [2.05, 4.69) is 30.7 Å². The molecule has 0 radical (unpaired) electrons. The Hall–Kier alpha value is -2.18. The highest BCUT2D eigenvalue weighted by Gasteiger charge is 2.21. The van der Waals surface area contributed by atoms with Crippen molar-refractivity contribution in [2.24, 2.45) is 0 Å². The molecule has 0 saturated heterocycles. The van der Waals surface area contributed by atoms with E-state index in [9.17, 15) is 4.79 Å². The number of H-pyrrole nitrogens is 2. The van der Waals surface area contributed by atoms with Gasteiger partial charge in [0.05, 0.1) is 11.9 Å². The van der Waals surface area contributed by atoms with Gasteiger partial charge in [0, 0.05) is 11.6 Å². The number of aromatic nitrogens is 5. The third-order valence-electron chi connectivity index (χ3n) is 2.16. The van der Waals surface area contributed by atoms with Crippen LogP contribution in [0.1, 0.15) is 37.2 Å². The number of nitrogens with one attached hydrogen (secondary N) is 3. The maximum Gasteiger partial charge on any atom is 0.295 e. The summed E-state index contributed by atoms with van der Waals surface area (Å²) in [4.78, 5) is 15.9. The fourth-order valence-corrected chi connectivity index (χ4v) is 1.21. The molecule has 0 saturated carbocycles. The van der Waals surface area contributed by atoms with Gasteiger partial charge in [0.2, 0.25) is 5.82 Å². The van der Waals surface area contributed by atoms with E-state index < -0.39 is 0 Å². The van der Waals surface area contributed by atoms with Crippen molar-refractivity contribution in [3.63, 3.8) is 0 Å². The van der Waals surface area contributed by atoms with Gasteiger partial charge in [-0.05, 0) is 0 Å². The second-order valence-electron chi connectivity index (χ2n) is 4.70. The van der Waals surface area contributed by atoms with Crippen LogP contribution in [0.5, 0.6) is 0 Å². The van der Waals surface area contributed by atoms with E-state index >= 15 is 0 Å². The third kappa shape index (κ3) is 2.49. The first-order valence-corrected chi connectivity index (χ1v) is 5.20. The van der Waals surface area contributed by atoms with Gasteiger partial charge < -0.3 is 5.32 Å². The lowest BCUT2D eigenvalue weighted by Crippen LogP contribution is -2.15. The number of nitrogens with zero attached hydrogens (tertiary/aromatic N) is 3. The molecule has 0 aliphatic carbocycles. The molecule has 0 spiro atoms. The number of rotatable bonds is 2. The number of aromatic amines is 2. The average molecular weight is 234 g/mol. The van der Waals surface area contributed by atoms with Crippen LogP contribution in [0.2, 0.25) is 0 Å². The first kappa shape index (κ1) is 11.3. The summed E-state index contributed by atoms with van der Waals surface area (Å²) < 4.78 is 0. The molecule has 2 heterocycles. The van der Waals surface area contributed by atoms with Crippen LogP contribution in [-0.4, -0.2) is 31.3 Å². The number of hydrogen-bond donors (Lipinski definition) is 3. The van der Waals surface area contributed by atoms with Gasteiger partial charge in [-0.3, -0.25) is 15.0 Å². The Morgan fingerprint density at radius 3 is 2.71 bits per heavy atom. The summed E-state index contributed by atoms with van der Waals surface area (Å²) in [6.07, 6.45) is 3.09. The van der Waals surface area contributed by atoms with Crippen LogP contribution in [-0.2, 0) is 5.41 Å². The molecule has 3 N–H and O–H groups in total.